The SMILES string of the molecule is C=COC(=O)c1ccc2c(c1)n1n(-c3cc(C)c(C)cc3O)n21.C=COC(=O)c1ccc2c(c1)n1n(-c3cc(C)cc(C(C)(C)C)c3O)n21. The highest BCUT2D eigenvalue weighted by molar-refractivity contribution is 5.95. The van der Waals surface area contributed by atoms with Gasteiger partial charge in [-0.1, -0.05) is 40.0 Å². The Hall–Kier alpha value is -6.30. The first-order chi connectivity index (χ1) is 23.3. The molecule has 0 spiro atoms. The van der Waals surface area contributed by atoms with Crippen LogP contribution in [0.25, 0.3) is 33.4 Å². The quantitative estimate of drug-likeness (QED) is 0.145. The third kappa shape index (κ3) is 4.91. The second-order valence-electron chi connectivity index (χ2n) is 13.1. The fourth-order valence-electron chi connectivity index (χ4n) is 6.07. The first kappa shape index (κ1) is 31.3. The molecule has 8 aromatic rings. The van der Waals surface area contributed by atoms with Gasteiger partial charge in [-0.15, -0.1) is 28.1 Å². The molecule has 0 aliphatic carbocycles. The first-order valence-corrected chi connectivity index (χ1v) is 15.6. The number of aromatic hydroxyl groups is 2. The molecule has 0 amide bonds. The maximum Gasteiger partial charge on any atom is 0.342 e. The third-order valence-corrected chi connectivity index (χ3v) is 8.74. The fourth-order valence-corrected chi connectivity index (χ4v) is 6.07. The number of nitrogens with zero attached hydrogens (tertiary/aromatic N) is 6. The maximum absolute atomic E-state index is 11.9. The summed E-state index contributed by atoms with van der Waals surface area (Å²) >= 11 is 0. The second kappa shape index (κ2) is 10.9. The lowest BCUT2D eigenvalue weighted by molar-refractivity contribution is 0.0655. The van der Waals surface area contributed by atoms with Gasteiger partial charge >= 0.3 is 11.9 Å². The number of phenols is 2. The Morgan fingerprint density at radius 2 is 1.12 bits per heavy atom. The molecular formula is C37H36N6O6. The van der Waals surface area contributed by atoms with Crippen molar-refractivity contribution in [2.75, 3.05) is 0 Å². The van der Waals surface area contributed by atoms with Crippen molar-refractivity contribution in [3.8, 4) is 22.9 Å². The summed E-state index contributed by atoms with van der Waals surface area (Å²) in [6.07, 6.45) is 2.24. The van der Waals surface area contributed by atoms with E-state index in [0.29, 0.717) is 16.8 Å². The van der Waals surface area contributed by atoms with E-state index in [0.717, 1.165) is 62.5 Å². The van der Waals surface area contributed by atoms with Crippen molar-refractivity contribution in [2.45, 2.75) is 47.0 Å². The van der Waals surface area contributed by atoms with Crippen LogP contribution in [0.1, 0.15) is 63.7 Å². The molecule has 12 heteroatoms. The number of aromatic nitrogens is 6. The summed E-state index contributed by atoms with van der Waals surface area (Å²) in [6, 6.07) is 18.3. The van der Waals surface area contributed by atoms with Gasteiger partial charge in [0.2, 0.25) is 0 Å². The van der Waals surface area contributed by atoms with Crippen LogP contribution >= 0.6 is 0 Å². The van der Waals surface area contributed by atoms with Crippen molar-refractivity contribution in [3.05, 3.63) is 120 Å². The number of fused-ring (bicyclic) bond motifs is 8. The molecule has 49 heavy (non-hydrogen) atoms. The molecule has 0 bridgehead atoms. The standard InChI is InChI=1S/C20H21N3O3.C17H15N3O3/c1-6-26-19(25)13-7-8-15-16(11-13)22-21(15)23(22)17-10-12(2)9-14(18(17)24)20(3,4)5;1-4-23-17(22)12-5-6-13-14(9-12)19-18(13)20(19)15-7-10(2)11(3)8-16(15)21/h6-11,24H,1H2,2-5H3;4-9,21H,1H2,2-3H3. The van der Waals surface area contributed by atoms with Gasteiger partial charge in [-0.05, 0) is 97.5 Å². The van der Waals surface area contributed by atoms with Gasteiger partial charge in [0.05, 0.1) is 23.7 Å². The van der Waals surface area contributed by atoms with Gasteiger partial charge < -0.3 is 19.7 Å². The molecule has 0 unspecified atom stereocenters. The number of aryl methyl sites for hydroxylation is 3. The zero-order chi connectivity index (χ0) is 35.1. The van der Waals surface area contributed by atoms with Crippen LogP contribution in [0.15, 0.2) is 86.3 Å². The molecule has 0 radical (unpaired) electrons. The molecule has 4 aromatic heterocycles. The van der Waals surface area contributed by atoms with E-state index in [1.165, 1.54) is 0 Å². The summed E-state index contributed by atoms with van der Waals surface area (Å²) in [4.78, 5) is 27.4. The molecule has 2 N–H and O–H groups in total. The highest BCUT2D eigenvalue weighted by Gasteiger charge is 2.30. The molecule has 0 aliphatic heterocycles. The predicted octanol–water partition coefficient (Wildman–Crippen LogP) is 7.08. The zero-order valence-electron chi connectivity index (χ0n) is 28.1. The number of phenolic OH excluding ortho intramolecular Hbond substituents is 2. The predicted molar refractivity (Wildman–Crippen MR) is 185 cm³/mol. The van der Waals surface area contributed by atoms with Crippen LogP contribution in [0, 0.1) is 20.8 Å². The topological polar surface area (TPSA) is 121 Å². The Kier molecular flexibility index (Phi) is 6.95. The van der Waals surface area contributed by atoms with Gasteiger partial charge in [0.15, 0.2) is 0 Å². The second-order valence-corrected chi connectivity index (χ2v) is 13.1. The van der Waals surface area contributed by atoms with Crippen LogP contribution in [0.3, 0.4) is 0 Å². The number of carbonyl (C=O) groups is 2. The molecule has 0 saturated carbocycles. The normalized spacial score (nSPS) is 12.0. The third-order valence-electron chi connectivity index (χ3n) is 8.74. The van der Waals surface area contributed by atoms with Crippen LogP contribution in [-0.4, -0.2) is 50.3 Å². The minimum absolute atomic E-state index is 0.168. The first-order valence-electron chi connectivity index (χ1n) is 15.6. The van der Waals surface area contributed by atoms with Crippen molar-refractivity contribution in [1.29, 1.82) is 0 Å². The average Bonchev–Trinajstić information content (AvgIpc) is 3.91. The van der Waals surface area contributed by atoms with Gasteiger partial charge in [0.1, 0.15) is 44.9 Å². The maximum atomic E-state index is 11.9. The molecule has 8 rings (SSSR count). The lowest BCUT2D eigenvalue weighted by Gasteiger charge is -2.21. The molecular weight excluding hydrogens is 624 g/mol. The summed E-state index contributed by atoms with van der Waals surface area (Å²) in [5.41, 5.74) is 10.0. The number of esters is 2. The van der Waals surface area contributed by atoms with Crippen molar-refractivity contribution < 1.29 is 29.3 Å². The molecule has 0 aliphatic rings. The fraction of sp³-hybridized carbons (Fsp3) is 0.189. The van der Waals surface area contributed by atoms with Crippen LogP contribution < -0.4 is 0 Å². The number of hydrogen-bond acceptors (Lipinski definition) is 6. The Morgan fingerprint density at radius 3 is 1.61 bits per heavy atom. The van der Waals surface area contributed by atoms with E-state index >= 15 is 0 Å². The minimum Gasteiger partial charge on any atom is -0.506 e. The van der Waals surface area contributed by atoms with E-state index in [4.69, 9.17) is 9.47 Å². The molecule has 12 nitrogen and oxygen atoms in total. The minimum atomic E-state index is -0.442. The Balaban J connectivity index is 0.000000155. The number of rotatable bonds is 6. The van der Waals surface area contributed by atoms with Gasteiger partial charge in [0.25, 0.3) is 0 Å². The Bertz CT molecular complexity index is 2570. The van der Waals surface area contributed by atoms with E-state index in [9.17, 15) is 19.8 Å². The monoisotopic (exact) mass is 660 g/mol. The van der Waals surface area contributed by atoms with Crippen LogP contribution in [0.4, 0.5) is 0 Å². The van der Waals surface area contributed by atoms with Gasteiger partial charge in [-0.2, -0.15) is 0 Å². The van der Waals surface area contributed by atoms with Crippen molar-refractivity contribution >= 4 is 34.0 Å². The summed E-state index contributed by atoms with van der Waals surface area (Å²) in [6.45, 7) is 19.0. The highest BCUT2D eigenvalue weighted by Crippen LogP contribution is 2.39. The number of benzene rings is 4. The van der Waals surface area contributed by atoms with E-state index in [2.05, 4.69) is 33.9 Å². The summed E-state index contributed by atoms with van der Waals surface area (Å²) in [5.74, 6) is -0.388. The van der Waals surface area contributed by atoms with E-state index in [-0.39, 0.29) is 16.9 Å². The molecule has 4 aromatic carbocycles. The average molecular weight is 661 g/mol. The highest BCUT2D eigenvalue weighted by atomic mass is 16.5. The zero-order valence-corrected chi connectivity index (χ0v) is 28.1. The van der Waals surface area contributed by atoms with E-state index in [1.54, 1.807) is 30.3 Å². The van der Waals surface area contributed by atoms with Crippen molar-refractivity contribution in [2.24, 2.45) is 0 Å². The summed E-state index contributed by atoms with van der Waals surface area (Å²) in [7, 11) is 0. The molecule has 0 saturated heterocycles. The molecule has 0 fully saturated rings. The van der Waals surface area contributed by atoms with E-state index < -0.39 is 11.9 Å². The largest absolute Gasteiger partial charge is 0.506 e. The van der Waals surface area contributed by atoms with Gasteiger partial charge in [-0.3, -0.25) is 0 Å². The van der Waals surface area contributed by atoms with E-state index in [1.807, 2.05) is 79.2 Å². The van der Waals surface area contributed by atoms with Crippen molar-refractivity contribution in [3.63, 3.8) is 0 Å². The number of carbonyl (C=O) groups excluding carboxylic acids is 2. The Labute approximate surface area is 280 Å². The van der Waals surface area contributed by atoms with Crippen LogP contribution in [-0.2, 0) is 14.9 Å². The number of hydrogen-bond donors (Lipinski definition) is 2. The summed E-state index contributed by atoms with van der Waals surface area (Å²) in [5, 5.41) is 21.0. The molecule has 250 valence electrons. The lowest BCUT2D eigenvalue weighted by Crippen LogP contribution is -2.12. The van der Waals surface area contributed by atoms with Gasteiger partial charge in [-0.25, -0.2) is 9.59 Å². The molecule has 4 heterocycles. The van der Waals surface area contributed by atoms with Crippen LogP contribution in [0.5, 0.6) is 11.5 Å². The molecule has 0 atom stereocenters. The van der Waals surface area contributed by atoms with Gasteiger partial charge in [0, 0.05) is 5.56 Å². The van der Waals surface area contributed by atoms with Crippen LogP contribution in [0.2, 0.25) is 0 Å². The lowest BCUT2D eigenvalue weighted by atomic mass is 9.85. The smallest absolute Gasteiger partial charge is 0.342 e. The van der Waals surface area contributed by atoms with Crippen molar-refractivity contribution in [1.82, 2.24) is 28.1 Å². The summed E-state index contributed by atoms with van der Waals surface area (Å²) < 4.78 is 17.3. The Morgan fingerprint density at radius 1 is 0.653 bits per heavy atom. The number of ether oxygens (including phenoxy) is 2.